The minimum absolute atomic E-state index is 0.111. The molecule has 3 nitrogen and oxygen atoms in total. The zero-order valence-electron chi connectivity index (χ0n) is 10.2. The summed E-state index contributed by atoms with van der Waals surface area (Å²) in [6, 6.07) is 0.437. The molecule has 16 heavy (non-hydrogen) atoms. The van der Waals surface area contributed by atoms with Crippen LogP contribution in [0.1, 0.15) is 51.9 Å². The SMILES string of the molecule is CC1(CNC2CCCC(C(=O)O)C2)CCC1. The maximum Gasteiger partial charge on any atom is 0.306 e. The number of carboxylic acids is 1. The molecule has 3 heteroatoms. The third-order valence-electron chi connectivity index (χ3n) is 4.40. The fourth-order valence-electron chi connectivity index (χ4n) is 2.95. The third-order valence-corrected chi connectivity index (χ3v) is 4.40. The molecule has 2 atom stereocenters. The molecule has 2 unspecified atom stereocenters. The molecular weight excluding hydrogens is 202 g/mol. The van der Waals surface area contributed by atoms with Gasteiger partial charge >= 0.3 is 5.97 Å². The van der Waals surface area contributed by atoms with Crippen molar-refractivity contribution < 1.29 is 9.90 Å². The molecule has 0 aromatic heterocycles. The van der Waals surface area contributed by atoms with Gasteiger partial charge in [-0.25, -0.2) is 0 Å². The lowest BCUT2D eigenvalue weighted by atomic mass is 9.70. The Balaban J connectivity index is 1.74. The van der Waals surface area contributed by atoms with Crippen LogP contribution >= 0.6 is 0 Å². The molecule has 0 amide bonds. The molecule has 2 fully saturated rings. The molecule has 0 spiro atoms. The molecule has 0 heterocycles. The van der Waals surface area contributed by atoms with E-state index in [1.165, 1.54) is 19.3 Å². The highest BCUT2D eigenvalue weighted by molar-refractivity contribution is 5.70. The Morgan fingerprint density at radius 3 is 2.69 bits per heavy atom. The van der Waals surface area contributed by atoms with Gasteiger partial charge in [0.25, 0.3) is 0 Å². The fraction of sp³-hybridized carbons (Fsp3) is 0.923. The van der Waals surface area contributed by atoms with Crippen LogP contribution in [0.4, 0.5) is 0 Å². The van der Waals surface area contributed by atoms with Gasteiger partial charge < -0.3 is 10.4 Å². The van der Waals surface area contributed by atoms with Crippen molar-refractivity contribution in [3.05, 3.63) is 0 Å². The molecule has 0 radical (unpaired) electrons. The van der Waals surface area contributed by atoms with Crippen molar-refractivity contribution in [3.8, 4) is 0 Å². The predicted molar refractivity (Wildman–Crippen MR) is 63.3 cm³/mol. The highest BCUT2D eigenvalue weighted by Gasteiger charge is 2.33. The van der Waals surface area contributed by atoms with Gasteiger partial charge in [0.2, 0.25) is 0 Å². The second kappa shape index (κ2) is 4.74. The summed E-state index contributed by atoms with van der Waals surface area (Å²) in [5, 5.41) is 12.6. The molecular formula is C13H23NO2. The van der Waals surface area contributed by atoms with Crippen LogP contribution in [0.25, 0.3) is 0 Å². The van der Waals surface area contributed by atoms with E-state index >= 15 is 0 Å². The van der Waals surface area contributed by atoms with Crippen molar-refractivity contribution in [2.45, 2.75) is 57.9 Å². The summed E-state index contributed by atoms with van der Waals surface area (Å²) in [5.74, 6) is -0.721. The fourth-order valence-corrected chi connectivity index (χ4v) is 2.95. The topological polar surface area (TPSA) is 49.3 Å². The Bertz CT molecular complexity index is 261. The Morgan fingerprint density at radius 2 is 2.12 bits per heavy atom. The minimum atomic E-state index is -0.610. The van der Waals surface area contributed by atoms with Gasteiger partial charge in [-0.05, 0) is 37.5 Å². The lowest BCUT2D eigenvalue weighted by Crippen LogP contribution is -2.44. The predicted octanol–water partition coefficient (Wildman–Crippen LogP) is 2.41. The van der Waals surface area contributed by atoms with Crippen molar-refractivity contribution in [2.75, 3.05) is 6.54 Å². The van der Waals surface area contributed by atoms with Crippen molar-refractivity contribution in [2.24, 2.45) is 11.3 Å². The van der Waals surface area contributed by atoms with Crippen molar-refractivity contribution in [1.82, 2.24) is 5.32 Å². The quantitative estimate of drug-likeness (QED) is 0.772. The number of rotatable bonds is 4. The van der Waals surface area contributed by atoms with Crippen LogP contribution < -0.4 is 5.32 Å². The van der Waals surface area contributed by atoms with Gasteiger partial charge in [0, 0.05) is 12.6 Å². The Kier molecular flexibility index (Phi) is 3.53. The number of hydrogen-bond donors (Lipinski definition) is 2. The summed E-state index contributed by atoms with van der Waals surface area (Å²) in [6.45, 7) is 3.41. The second-order valence-electron chi connectivity index (χ2n) is 5.94. The maximum atomic E-state index is 10.9. The molecule has 2 aliphatic rings. The molecule has 2 rings (SSSR count). The van der Waals surface area contributed by atoms with Gasteiger partial charge in [0.05, 0.1) is 5.92 Å². The van der Waals surface area contributed by atoms with E-state index in [-0.39, 0.29) is 5.92 Å². The van der Waals surface area contributed by atoms with E-state index < -0.39 is 5.97 Å². The van der Waals surface area contributed by atoms with Crippen LogP contribution in [0.3, 0.4) is 0 Å². The largest absolute Gasteiger partial charge is 0.481 e. The summed E-state index contributed by atoms with van der Waals surface area (Å²) in [7, 11) is 0. The first-order valence-corrected chi connectivity index (χ1v) is 6.55. The molecule has 0 aromatic rings. The van der Waals surface area contributed by atoms with Crippen LogP contribution in [0.5, 0.6) is 0 Å². The van der Waals surface area contributed by atoms with Gasteiger partial charge in [-0.2, -0.15) is 0 Å². The van der Waals surface area contributed by atoms with Crippen molar-refractivity contribution in [1.29, 1.82) is 0 Å². The number of nitrogens with one attached hydrogen (secondary N) is 1. The van der Waals surface area contributed by atoms with Gasteiger partial charge in [-0.15, -0.1) is 0 Å². The first-order chi connectivity index (χ1) is 7.59. The van der Waals surface area contributed by atoms with Crippen LogP contribution in [-0.2, 0) is 4.79 Å². The second-order valence-corrected chi connectivity index (χ2v) is 5.94. The lowest BCUT2D eigenvalue weighted by Gasteiger charge is -2.40. The Morgan fingerprint density at radius 1 is 1.38 bits per heavy atom. The van der Waals surface area contributed by atoms with E-state index in [0.717, 1.165) is 32.2 Å². The molecule has 0 aliphatic heterocycles. The molecule has 0 aromatic carbocycles. The van der Waals surface area contributed by atoms with Gasteiger partial charge in [-0.3, -0.25) is 4.79 Å². The number of hydrogen-bond acceptors (Lipinski definition) is 2. The minimum Gasteiger partial charge on any atom is -0.481 e. The van der Waals surface area contributed by atoms with Crippen LogP contribution in [0.2, 0.25) is 0 Å². The zero-order chi connectivity index (χ0) is 11.6. The van der Waals surface area contributed by atoms with Crippen LogP contribution in [-0.4, -0.2) is 23.7 Å². The first-order valence-electron chi connectivity index (χ1n) is 6.55. The molecule has 92 valence electrons. The number of carboxylic acid groups (broad SMARTS) is 1. The number of aliphatic carboxylic acids is 1. The average molecular weight is 225 g/mol. The maximum absolute atomic E-state index is 10.9. The monoisotopic (exact) mass is 225 g/mol. The number of carbonyl (C=O) groups is 1. The van der Waals surface area contributed by atoms with Crippen LogP contribution in [0.15, 0.2) is 0 Å². The molecule has 2 N–H and O–H groups in total. The van der Waals surface area contributed by atoms with E-state index in [2.05, 4.69) is 12.2 Å². The smallest absolute Gasteiger partial charge is 0.306 e. The van der Waals surface area contributed by atoms with E-state index in [1.807, 2.05) is 0 Å². The molecule has 0 bridgehead atoms. The molecule has 2 aliphatic carbocycles. The zero-order valence-corrected chi connectivity index (χ0v) is 10.2. The third kappa shape index (κ3) is 2.76. The summed E-state index contributed by atoms with van der Waals surface area (Å²) in [6.07, 6.45) is 7.92. The summed E-state index contributed by atoms with van der Waals surface area (Å²) in [4.78, 5) is 10.9. The summed E-state index contributed by atoms with van der Waals surface area (Å²) in [5.41, 5.74) is 0.496. The van der Waals surface area contributed by atoms with E-state index in [0.29, 0.717) is 11.5 Å². The normalized spacial score (nSPS) is 33.1. The van der Waals surface area contributed by atoms with Crippen molar-refractivity contribution in [3.63, 3.8) is 0 Å². The average Bonchev–Trinajstić information content (AvgIpc) is 2.24. The van der Waals surface area contributed by atoms with E-state index in [1.54, 1.807) is 0 Å². The first kappa shape index (κ1) is 11.9. The van der Waals surface area contributed by atoms with Crippen molar-refractivity contribution >= 4 is 5.97 Å². The highest BCUT2D eigenvalue weighted by Crippen LogP contribution is 2.39. The van der Waals surface area contributed by atoms with Gasteiger partial charge in [-0.1, -0.05) is 19.8 Å². The van der Waals surface area contributed by atoms with Gasteiger partial charge in [0.1, 0.15) is 0 Å². The van der Waals surface area contributed by atoms with Gasteiger partial charge in [0.15, 0.2) is 0 Å². The van der Waals surface area contributed by atoms with E-state index in [4.69, 9.17) is 5.11 Å². The summed E-state index contributed by atoms with van der Waals surface area (Å²) >= 11 is 0. The molecule has 0 saturated heterocycles. The van der Waals surface area contributed by atoms with E-state index in [9.17, 15) is 4.79 Å². The Hall–Kier alpha value is -0.570. The standard InChI is InChI=1S/C13H23NO2/c1-13(6-3-7-13)9-14-11-5-2-4-10(8-11)12(15)16/h10-11,14H,2-9H2,1H3,(H,15,16). The molecule has 2 saturated carbocycles. The Labute approximate surface area is 97.6 Å². The van der Waals surface area contributed by atoms with Crippen LogP contribution in [0, 0.1) is 11.3 Å². The lowest BCUT2D eigenvalue weighted by molar-refractivity contribution is -0.143. The highest BCUT2D eigenvalue weighted by atomic mass is 16.4. The summed E-state index contributed by atoms with van der Waals surface area (Å²) < 4.78 is 0.